The molecule has 0 aliphatic rings. The number of thiophene rings is 1. The monoisotopic (exact) mass is 301 g/mol. The first-order valence-electron chi connectivity index (χ1n) is 6.26. The fourth-order valence-electron chi connectivity index (χ4n) is 1.56. The molecule has 1 aromatic rings. The van der Waals surface area contributed by atoms with Gasteiger partial charge in [-0.3, -0.25) is 4.79 Å². The molecule has 0 aliphatic carbocycles. The second kappa shape index (κ2) is 7.55. The molecule has 0 radical (unpaired) electrons. The molecule has 1 aromatic heterocycles. The first-order chi connectivity index (χ1) is 8.97. The third kappa shape index (κ3) is 4.87. The molecule has 0 fully saturated rings. The van der Waals surface area contributed by atoms with E-state index >= 15 is 0 Å². The molecule has 2 N–H and O–H groups in total. The predicted molar refractivity (Wildman–Crippen MR) is 79.1 cm³/mol. The number of carbonyl (C=O) groups excluding carboxylic acids is 1. The number of carboxylic acid groups (broad SMARTS) is 1. The summed E-state index contributed by atoms with van der Waals surface area (Å²) in [6.45, 7) is 5.93. The molecule has 1 heterocycles. The van der Waals surface area contributed by atoms with Crippen molar-refractivity contribution < 1.29 is 14.7 Å². The van der Waals surface area contributed by atoms with Crippen LogP contribution in [-0.4, -0.2) is 28.3 Å². The van der Waals surface area contributed by atoms with Crippen LogP contribution in [0.15, 0.2) is 16.3 Å². The van der Waals surface area contributed by atoms with Crippen LogP contribution in [0.3, 0.4) is 0 Å². The average molecular weight is 301 g/mol. The molecule has 0 aromatic carbocycles. The van der Waals surface area contributed by atoms with Crippen LogP contribution in [-0.2, 0) is 4.79 Å². The molecule has 0 spiro atoms. The summed E-state index contributed by atoms with van der Waals surface area (Å²) in [7, 11) is 0. The van der Waals surface area contributed by atoms with E-state index in [1.165, 1.54) is 23.1 Å². The SMILES string of the molecule is CCC(CC)NC(=O)C(C)Sc1csc(C(=O)O)c1. The Hall–Kier alpha value is -1.01. The number of amides is 1. The van der Waals surface area contributed by atoms with Gasteiger partial charge in [-0.05, 0) is 25.8 Å². The topological polar surface area (TPSA) is 66.4 Å². The van der Waals surface area contributed by atoms with Gasteiger partial charge in [0.15, 0.2) is 0 Å². The van der Waals surface area contributed by atoms with Crippen LogP contribution in [0.1, 0.15) is 43.3 Å². The number of hydrogen-bond donors (Lipinski definition) is 2. The van der Waals surface area contributed by atoms with Gasteiger partial charge in [0.25, 0.3) is 0 Å². The molecule has 0 bridgehead atoms. The lowest BCUT2D eigenvalue weighted by Crippen LogP contribution is -2.38. The van der Waals surface area contributed by atoms with Gasteiger partial charge in [0.1, 0.15) is 4.88 Å². The first kappa shape index (κ1) is 16.0. The third-order valence-electron chi connectivity index (χ3n) is 2.80. The highest BCUT2D eigenvalue weighted by atomic mass is 32.2. The molecule has 106 valence electrons. The van der Waals surface area contributed by atoms with Crippen molar-refractivity contribution in [3.8, 4) is 0 Å². The number of nitrogens with one attached hydrogen (secondary N) is 1. The standard InChI is InChI=1S/C13H19NO3S2/c1-4-9(5-2)14-12(15)8(3)19-10-6-11(13(16)17)18-7-10/h6-9H,4-5H2,1-3H3,(H,14,15)(H,16,17). The summed E-state index contributed by atoms with van der Waals surface area (Å²) in [4.78, 5) is 23.9. The van der Waals surface area contributed by atoms with E-state index in [1.807, 2.05) is 20.8 Å². The number of aromatic carboxylic acids is 1. The Morgan fingerprint density at radius 1 is 1.42 bits per heavy atom. The lowest BCUT2D eigenvalue weighted by atomic mass is 10.2. The van der Waals surface area contributed by atoms with E-state index in [0.717, 1.165) is 17.7 Å². The summed E-state index contributed by atoms with van der Waals surface area (Å²) in [5, 5.41) is 13.4. The minimum absolute atomic E-state index is 0.00164. The highest BCUT2D eigenvalue weighted by Gasteiger charge is 2.18. The molecule has 1 amide bonds. The van der Waals surface area contributed by atoms with E-state index in [4.69, 9.17) is 5.11 Å². The molecule has 0 saturated heterocycles. The van der Waals surface area contributed by atoms with Gasteiger partial charge in [0.05, 0.1) is 5.25 Å². The zero-order chi connectivity index (χ0) is 14.4. The number of rotatable bonds is 7. The maximum Gasteiger partial charge on any atom is 0.345 e. The molecule has 1 atom stereocenters. The second-order valence-electron chi connectivity index (χ2n) is 4.23. The molecule has 0 aliphatic heterocycles. The number of carboxylic acids is 1. The van der Waals surface area contributed by atoms with Crippen LogP contribution in [0.25, 0.3) is 0 Å². The van der Waals surface area contributed by atoms with Gasteiger partial charge >= 0.3 is 5.97 Å². The Bertz CT molecular complexity index is 441. The van der Waals surface area contributed by atoms with Crippen LogP contribution in [0.2, 0.25) is 0 Å². The van der Waals surface area contributed by atoms with Crippen molar-refractivity contribution in [3.05, 3.63) is 16.3 Å². The van der Waals surface area contributed by atoms with Gasteiger partial charge < -0.3 is 10.4 Å². The number of thioether (sulfide) groups is 1. The van der Waals surface area contributed by atoms with Crippen molar-refractivity contribution in [2.45, 2.75) is 49.8 Å². The minimum Gasteiger partial charge on any atom is -0.477 e. The van der Waals surface area contributed by atoms with Gasteiger partial charge in [-0.1, -0.05) is 13.8 Å². The maximum atomic E-state index is 12.0. The zero-order valence-corrected chi connectivity index (χ0v) is 12.9. The van der Waals surface area contributed by atoms with Crippen LogP contribution in [0.5, 0.6) is 0 Å². The molecular formula is C13H19NO3S2. The smallest absolute Gasteiger partial charge is 0.345 e. The van der Waals surface area contributed by atoms with Gasteiger partial charge in [-0.15, -0.1) is 23.1 Å². The quantitative estimate of drug-likeness (QED) is 0.759. The highest BCUT2D eigenvalue weighted by Crippen LogP contribution is 2.28. The normalized spacial score (nSPS) is 12.4. The van der Waals surface area contributed by atoms with Crippen molar-refractivity contribution in [2.24, 2.45) is 0 Å². The summed E-state index contributed by atoms with van der Waals surface area (Å²) >= 11 is 2.57. The van der Waals surface area contributed by atoms with Gasteiger partial charge in [-0.2, -0.15) is 0 Å². The van der Waals surface area contributed by atoms with Crippen LogP contribution in [0.4, 0.5) is 0 Å². The summed E-state index contributed by atoms with van der Waals surface area (Å²) in [5.74, 6) is -0.923. The summed E-state index contributed by atoms with van der Waals surface area (Å²) in [6.07, 6.45) is 1.84. The third-order valence-corrected chi connectivity index (χ3v) is 4.94. The van der Waals surface area contributed by atoms with E-state index in [0.29, 0.717) is 4.88 Å². The molecule has 19 heavy (non-hydrogen) atoms. The summed E-state index contributed by atoms with van der Waals surface area (Å²) in [5.41, 5.74) is 0. The Balaban J connectivity index is 2.55. The summed E-state index contributed by atoms with van der Waals surface area (Å²) in [6, 6.07) is 1.83. The van der Waals surface area contributed by atoms with Crippen molar-refractivity contribution in [3.63, 3.8) is 0 Å². The van der Waals surface area contributed by atoms with E-state index < -0.39 is 5.97 Å². The van der Waals surface area contributed by atoms with Gasteiger partial charge in [-0.25, -0.2) is 4.79 Å². The van der Waals surface area contributed by atoms with Crippen molar-refractivity contribution in [2.75, 3.05) is 0 Å². The Labute approximate surface area is 121 Å². The van der Waals surface area contributed by atoms with E-state index in [1.54, 1.807) is 11.4 Å². The van der Waals surface area contributed by atoms with E-state index in [2.05, 4.69) is 5.32 Å². The molecule has 0 saturated carbocycles. The molecule has 1 rings (SSSR count). The van der Waals surface area contributed by atoms with E-state index in [-0.39, 0.29) is 17.2 Å². The highest BCUT2D eigenvalue weighted by molar-refractivity contribution is 8.00. The minimum atomic E-state index is -0.925. The van der Waals surface area contributed by atoms with Crippen LogP contribution < -0.4 is 5.32 Å². The Kier molecular flexibility index (Phi) is 6.37. The predicted octanol–water partition coefficient (Wildman–Crippen LogP) is 3.23. The lowest BCUT2D eigenvalue weighted by molar-refractivity contribution is -0.121. The molecular weight excluding hydrogens is 282 g/mol. The fourth-order valence-corrected chi connectivity index (χ4v) is 3.38. The number of hydrogen-bond acceptors (Lipinski definition) is 4. The summed E-state index contributed by atoms with van der Waals surface area (Å²) < 4.78 is 0. The maximum absolute atomic E-state index is 12.0. The van der Waals surface area contributed by atoms with Gasteiger partial charge in [0.2, 0.25) is 5.91 Å². The number of carbonyl (C=O) groups is 2. The van der Waals surface area contributed by atoms with Crippen LogP contribution >= 0.6 is 23.1 Å². The lowest BCUT2D eigenvalue weighted by Gasteiger charge is -2.17. The largest absolute Gasteiger partial charge is 0.477 e. The van der Waals surface area contributed by atoms with Crippen LogP contribution in [0, 0.1) is 0 Å². The molecule has 4 nitrogen and oxygen atoms in total. The van der Waals surface area contributed by atoms with Crippen molar-refractivity contribution in [1.82, 2.24) is 5.32 Å². The first-order valence-corrected chi connectivity index (χ1v) is 8.02. The van der Waals surface area contributed by atoms with Crippen molar-refractivity contribution >= 4 is 35.0 Å². The van der Waals surface area contributed by atoms with E-state index in [9.17, 15) is 9.59 Å². The Morgan fingerprint density at radius 3 is 2.53 bits per heavy atom. The second-order valence-corrected chi connectivity index (χ2v) is 6.56. The van der Waals surface area contributed by atoms with Gasteiger partial charge in [0, 0.05) is 16.3 Å². The zero-order valence-electron chi connectivity index (χ0n) is 11.3. The molecule has 6 heteroatoms. The fraction of sp³-hybridized carbons (Fsp3) is 0.538. The van der Waals surface area contributed by atoms with Crippen molar-refractivity contribution in [1.29, 1.82) is 0 Å². The molecule has 1 unspecified atom stereocenters. The average Bonchev–Trinajstić information content (AvgIpc) is 2.84. The Morgan fingerprint density at radius 2 is 2.05 bits per heavy atom.